The van der Waals surface area contributed by atoms with Gasteiger partial charge in [-0.1, -0.05) is 6.92 Å². The average Bonchev–Trinajstić information content (AvgIpc) is 1.55. The largest absolute Gasteiger partial charge is 0.387 e. The number of nitrogens with zero attached hydrogens (tertiary/aromatic N) is 13. The number of ether oxygens (including phenoxy) is 13. The summed E-state index contributed by atoms with van der Waals surface area (Å²) in [7, 11) is 4.23. The minimum absolute atomic E-state index is 0.00117. The standard InChI is InChI=1S/C65H89N19O31P4S4/c1-10-32-38(41(98-14-11-95-7)57(107-32)82-24-71-35-49(67)69-23-70-50(35)82)112-116(91,120)101-20-34-40(43(100-16-13-97-9)58(109-34)83-25-72-37-52(83)77-61(68)78-55(37)88)113-117(92,121)102-19-33-39(42(99-15-12-96-8)56(108-33)80-18-28(3)53(86)79-63(80)90)114-118(93,122)104-22-65-30(5)106-45(60(111-65)81-17-27(2)48(66)76-62(81)89)47(65)115-119(94,123)103-21-64-29(4)105-44(46(64)85)59(110-64)84-26-73-36-51(84)74-31(6)75-54(36)87/h17-18,23-26,29-30,32-34,38-47,56-60,85H,10-16,19-22H2,1-9H3,(H,91,120)(H,92,121)(H,93,122)(H,94,123)(H2,66,76,89)(H2,67,69,70)(H,74,75,87)(H,79,86,90)(H3,68,77,78,88)/t29-,30-,32+,33+,34+,38?,39?,40?,41-,42-,43-,44-,45-,46?,47?,56+,57+,58+,59+,60+,64-,65-,116?,117?,118?,119?/m0/s1. The number of rotatable bonds is 38. The maximum absolute atomic E-state index is 14.0. The molecule has 0 saturated carbocycles. The van der Waals surface area contributed by atoms with E-state index in [4.69, 9.17) is 162 Å². The van der Waals surface area contributed by atoms with Crippen LogP contribution in [0.25, 0.3) is 33.5 Å². The Bertz CT molecular complexity index is 5780. The number of hydrogen-bond donors (Lipinski definition) is 11. The highest BCUT2D eigenvalue weighted by Crippen LogP contribution is 2.62. The fourth-order valence-electron chi connectivity index (χ4n) is 15.8. The number of aromatic amines is 3. The molecular formula is C65H89N19O31P4S4. The molecule has 123 heavy (non-hydrogen) atoms. The number of aliphatic hydroxyl groups is 1. The van der Waals surface area contributed by atoms with Gasteiger partial charge >= 0.3 is 38.3 Å². The van der Waals surface area contributed by atoms with E-state index in [1.165, 1.54) is 75.8 Å². The number of imidazole rings is 3. The van der Waals surface area contributed by atoms with Gasteiger partial charge in [0.05, 0.1) is 103 Å². The van der Waals surface area contributed by atoms with Crippen molar-refractivity contribution in [1.82, 2.24) is 77.7 Å². The molecule has 15 rings (SSSR count). The van der Waals surface area contributed by atoms with Gasteiger partial charge in [-0.05, 0) is 88.3 Å². The Morgan fingerprint density at radius 2 is 0.951 bits per heavy atom. The van der Waals surface area contributed by atoms with Gasteiger partial charge in [0, 0.05) is 44.8 Å². The monoisotopic (exact) mass is 1880 g/mol. The normalized spacial score (nSPS) is 32.5. The first-order chi connectivity index (χ1) is 58.4. The van der Waals surface area contributed by atoms with Crippen molar-refractivity contribution < 1.29 is 122 Å². The van der Waals surface area contributed by atoms with E-state index in [2.05, 4.69) is 54.8 Å². The molecule has 7 aliphatic heterocycles. The quantitative estimate of drug-likeness (QED) is 0.0158. The highest BCUT2D eigenvalue weighted by Gasteiger charge is 2.70. The Labute approximate surface area is 714 Å². The topological polar surface area (TPSA) is 634 Å². The van der Waals surface area contributed by atoms with E-state index in [0.717, 1.165) is 15.3 Å². The van der Waals surface area contributed by atoms with Crippen molar-refractivity contribution in [1.29, 1.82) is 0 Å². The van der Waals surface area contributed by atoms with Gasteiger partial charge in [0.15, 0.2) is 64.9 Å². The Kier molecular flexibility index (Phi) is 27.1. The number of anilines is 3. The van der Waals surface area contributed by atoms with Crippen molar-refractivity contribution in [2.24, 2.45) is 0 Å². The number of H-pyrrole nitrogens is 3. The molecule has 7 saturated heterocycles. The molecule has 14 N–H and O–H groups in total. The molecule has 15 heterocycles. The number of aromatic nitrogens is 16. The van der Waals surface area contributed by atoms with E-state index in [-0.39, 0.29) is 109 Å². The summed E-state index contributed by atoms with van der Waals surface area (Å²) in [5.74, 6) is -0.0865. The lowest BCUT2D eigenvalue weighted by Crippen LogP contribution is -2.51. The number of fused-ring (bicyclic) bond motifs is 7. The summed E-state index contributed by atoms with van der Waals surface area (Å²) in [5, 5.41) is 11.9. The smallest absolute Gasteiger partial charge is 0.351 e. The molecule has 8 aromatic heterocycles. The van der Waals surface area contributed by atoms with Crippen LogP contribution in [0.2, 0.25) is 0 Å². The molecular weight excluding hydrogens is 1790 g/mol. The zero-order valence-corrected chi connectivity index (χ0v) is 73.5. The Balaban J connectivity index is 0.718. The van der Waals surface area contributed by atoms with Crippen LogP contribution >= 0.6 is 26.9 Å². The highest BCUT2D eigenvalue weighted by molar-refractivity contribution is 8.08. The number of hydrogen-bond acceptors (Lipinski definition) is 42. The lowest BCUT2D eigenvalue weighted by Gasteiger charge is -2.38. The van der Waals surface area contributed by atoms with Crippen LogP contribution in [0.5, 0.6) is 0 Å². The molecule has 8 aromatic rings. The lowest BCUT2D eigenvalue weighted by atomic mass is 9.94. The van der Waals surface area contributed by atoms with E-state index in [9.17, 15) is 48.7 Å². The minimum atomic E-state index is -4.98. The molecule has 0 spiro atoms. The van der Waals surface area contributed by atoms with Crippen molar-refractivity contribution in [3.63, 3.8) is 0 Å². The number of aryl methyl sites for hydroxylation is 3. The van der Waals surface area contributed by atoms with E-state index in [1.54, 1.807) is 32.3 Å². The number of nitrogens with one attached hydrogen (secondary N) is 3. The predicted octanol–water partition coefficient (Wildman–Crippen LogP) is -1.29. The van der Waals surface area contributed by atoms with Crippen LogP contribution in [0.15, 0.2) is 61.7 Å². The van der Waals surface area contributed by atoms with Crippen LogP contribution in [-0.4, -0.2) is 292 Å². The van der Waals surface area contributed by atoms with Crippen LogP contribution < -0.4 is 45.3 Å². The third-order valence-corrected chi connectivity index (χ3v) is 28.0. The first kappa shape index (κ1) is 91.5. The first-order valence-corrected chi connectivity index (χ1v) is 48.3. The van der Waals surface area contributed by atoms with Gasteiger partial charge in [-0.3, -0.25) is 65.3 Å². The van der Waals surface area contributed by atoms with Crippen molar-refractivity contribution in [2.75, 3.05) is 105 Å². The Morgan fingerprint density at radius 1 is 0.488 bits per heavy atom. The zero-order valence-electron chi connectivity index (χ0n) is 66.6. The van der Waals surface area contributed by atoms with Crippen LogP contribution in [0.4, 0.5) is 17.6 Å². The zero-order chi connectivity index (χ0) is 87.9. The molecule has 674 valence electrons. The average molecular weight is 1880 g/mol. The van der Waals surface area contributed by atoms with E-state index in [0.29, 0.717) is 5.56 Å². The molecule has 50 nitrogen and oxygen atoms in total. The molecule has 7 fully saturated rings. The van der Waals surface area contributed by atoms with Gasteiger partial charge in [0.1, 0.15) is 108 Å². The summed E-state index contributed by atoms with van der Waals surface area (Å²) in [5.41, 5.74) is 11.1. The molecule has 58 heteroatoms. The molecule has 7 aliphatic rings. The summed E-state index contributed by atoms with van der Waals surface area (Å²) in [6.07, 6.45) is -19.4. The van der Waals surface area contributed by atoms with Gasteiger partial charge < -0.3 is 127 Å². The van der Waals surface area contributed by atoms with Gasteiger partial charge in [0.25, 0.3) is 16.7 Å². The maximum atomic E-state index is 14.0. The molecule has 9 unspecified atom stereocenters. The van der Waals surface area contributed by atoms with Crippen LogP contribution in [0.3, 0.4) is 0 Å². The number of nitrogen functional groups attached to an aromatic ring is 3. The second-order valence-electron chi connectivity index (χ2n) is 29.5. The van der Waals surface area contributed by atoms with Crippen LogP contribution in [0.1, 0.15) is 75.3 Å². The molecule has 0 radical (unpaired) electrons. The number of aliphatic hydroxyl groups excluding tert-OH is 1. The second kappa shape index (κ2) is 36.4. The summed E-state index contributed by atoms with van der Waals surface area (Å²) in [6.45, 7) is -13.6. The van der Waals surface area contributed by atoms with Crippen LogP contribution in [-0.2, 0) is 145 Å². The third-order valence-electron chi connectivity index (χ3n) is 21.8. The SMILES string of the molecule is CC[C@H]1O[C@@H](n2cnc3c(N)ncnc32)[C@@H](OCCOC)C1OP(O)(=S)OC[C@H]1O[C@@H](n2cnc3c(=O)[nH]c(N)nc32)[C@@H](OCCOC)C1OP(O)(=S)OC[C@H]1O[C@@H](n2cc(C)c(=O)[nH]c2=O)[C@@H](OCCOC)C1OP(O)(=S)OC[C@]12O[C@@H](n3cc(C)c(N)nc3=O)[C@@H](O[C@H]1C)C2OP(O)(=S)OC[C@]12O[C@@H](n3cnc4c(=O)[nH]c(C)nc43)[C@@H](O[C@H]1C)C2O. The summed E-state index contributed by atoms with van der Waals surface area (Å²) < 4.78 is 138. The summed E-state index contributed by atoms with van der Waals surface area (Å²) >= 11 is 23.3. The van der Waals surface area contributed by atoms with Crippen molar-refractivity contribution in [3.05, 3.63) is 107 Å². The maximum Gasteiger partial charge on any atom is 0.351 e. The Hall–Kier alpha value is -6.23. The predicted molar refractivity (Wildman–Crippen MR) is 435 cm³/mol. The number of methoxy groups -OCH3 is 3. The van der Waals surface area contributed by atoms with Crippen LogP contribution in [0, 0.1) is 20.8 Å². The summed E-state index contributed by atoms with van der Waals surface area (Å²) in [4.78, 5) is 158. The van der Waals surface area contributed by atoms with Crippen molar-refractivity contribution in [2.45, 2.75) is 182 Å². The molecule has 0 aliphatic carbocycles. The molecule has 26 atom stereocenters. The second-order valence-corrected chi connectivity index (χ2v) is 40.7. The van der Waals surface area contributed by atoms with Crippen molar-refractivity contribution >= 4 is 125 Å². The minimum Gasteiger partial charge on any atom is -0.387 e. The fraction of sp³-hybridized carbons (Fsp3) is 0.646. The fourth-order valence-corrected chi connectivity index (χ4v) is 21.5. The van der Waals surface area contributed by atoms with Gasteiger partial charge in [-0.2, -0.15) is 9.97 Å². The van der Waals surface area contributed by atoms with Crippen molar-refractivity contribution in [3.8, 4) is 0 Å². The summed E-state index contributed by atoms with van der Waals surface area (Å²) in [6, 6.07) is 0. The van der Waals surface area contributed by atoms with E-state index >= 15 is 0 Å². The molecule has 0 aromatic carbocycles. The van der Waals surface area contributed by atoms with E-state index in [1.807, 2.05) is 0 Å². The lowest BCUT2D eigenvalue weighted by molar-refractivity contribution is -0.217. The van der Waals surface area contributed by atoms with E-state index < -0.39 is 215 Å². The third kappa shape index (κ3) is 18.1. The van der Waals surface area contributed by atoms with Gasteiger partial charge in [-0.25, -0.2) is 39.5 Å². The molecule has 0 amide bonds. The molecule has 4 bridgehead atoms. The highest BCUT2D eigenvalue weighted by atomic mass is 32.5. The first-order valence-electron chi connectivity index (χ1n) is 37.9. The van der Waals surface area contributed by atoms with Gasteiger partial charge in [0.2, 0.25) is 5.95 Å². The Morgan fingerprint density at radius 3 is 1.53 bits per heavy atom. The van der Waals surface area contributed by atoms with Gasteiger partial charge in [-0.15, -0.1) is 0 Å². The number of nitrogens with two attached hydrogens (primary N) is 3.